The highest BCUT2D eigenvalue weighted by Gasteiger charge is 2.33. The number of amides is 3. The molecule has 4 aromatic rings. The molecule has 1 aliphatic rings. The van der Waals surface area contributed by atoms with E-state index in [0.29, 0.717) is 5.69 Å². The van der Waals surface area contributed by atoms with E-state index in [1.165, 1.54) is 5.01 Å². The van der Waals surface area contributed by atoms with Crippen molar-refractivity contribution in [2.45, 2.75) is 32.2 Å². The van der Waals surface area contributed by atoms with E-state index in [-0.39, 0.29) is 18.2 Å². The van der Waals surface area contributed by atoms with Gasteiger partial charge in [0.05, 0.1) is 18.0 Å². The Hall–Kier alpha value is -4.45. The van der Waals surface area contributed by atoms with Crippen LogP contribution in [-0.4, -0.2) is 23.8 Å². The van der Waals surface area contributed by atoms with Crippen LogP contribution in [0.4, 0.5) is 5.69 Å². The first kappa shape index (κ1) is 23.3. The van der Waals surface area contributed by atoms with Crippen molar-refractivity contribution in [3.05, 3.63) is 102 Å². The summed E-state index contributed by atoms with van der Waals surface area (Å²) in [5, 5.41) is 6.16. The molecular formula is C30H27N3O3. The lowest BCUT2D eigenvalue weighted by Gasteiger charge is -2.27. The van der Waals surface area contributed by atoms with E-state index in [1.807, 2.05) is 97.9 Å². The molecule has 2 atom stereocenters. The van der Waals surface area contributed by atoms with Crippen molar-refractivity contribution in [1.82, 2.24) is 10.7 Å². The summed E-state index contributed by atoms with van der Waals surface area (Å²) in [5.41, 5.74) is 6.97. The van der Waals surface area contributed by atoms with Crippen molar-refractivity contribution >= 4 is 34.2 Å². The maximum Gasteiger partial charge on any atom is 0.261 e. The second-order valence-corrected chi connectivity index (χ2v) is 9.08. The summed E-state index contributed by atoms with van der Waals surface area (Å²) in [5.74, 6) is -1.43. The molecule has 0 fully saturated rings. The number of hydrazine groups is 1. The van der Waals surface area contributed by atoms with E-state index in [9.17, 15) is 14.4 Å². The molecule has 180 valence electrons. The number of para-hydroxylation sites is 1. The second kappa shape index (κ2) is 9.66. The molecule has 1 unspecified atom stereocenters. The topological polar surface area (TPSA) is 78.5 Å². The number of carbonyl (C=O) groups excluding carboxylic acids is 3. The van der Waals surface area contributed by atoms with Crippen LogP contribution in [0.25, 0.3) is 21.9 Å². The Morgan fingerprint density at radius 3 is 2.36 bits per heavy atom. The lowest BCUT2D eigenvalue weighted by molar-refractivity contribution is -0.130. The summed E-state index contributed by atoms with van der Waals surface area (Å²) in [6.07, 6.45) is 0.150. The molecule has 0 bridgehead atoms. The zero-order valence-corrected chi connectivity index (χ0v) is 20.2. The Morgan fingerprint density at radius 1 is 0.861 bits per heavy atom. The molecule has 6 nitrogen and oxygen atoms in total. The van der Waals surface area contributed by atoms with Gasteiger partial charge in [-0.3, -0.25) is 19.8 Å². The number of fused-ring (bicyclic) bond motifs is 4. The van der Waals surface area contributed by atoms with Gasteiger partial charge in [-0.25, -0.2) is 5.01 Å². The fourth-order valence-corrected chi connectivity index (χ4v) is 4.76. The highest BCUT2D eigenvalue weighted by Crippen LogP contribution is 2.39. The minimum Gasteiger partial charge on any atom is -0.344 e. The van der Waals surface area contributed by atoms with Gasteiger partial charge < -0.3 is 5.32 Å². The van der Waals surface area contributed by atoms with Crippen LogP contribution in [0, 0.1) is 0 Å². The van der Waals surface area contributed by atoms with Gasteiger partial charge in [-0.1, -0.05) is 84.9 Å². The van der Waals surface area contributed by atoms with Gasteiger partial charge in [0.2, 0.25) is 5.91 Å². The molecule has 6 heteroatoms. The van der Waals surface area contributed by atoms with Crippen LogP contribution in [0.1, 0.15) is 30.9 Å². The fourth-order valence-electron chi connectivity index (χ4n) is 4.76. The van der Waals surface area contributed by atoms with Crippen molar-refractivity contribution in [2.75, 3.05) is 5.01 Å². The molecule has 0 radical (unpaired) electrons. The van der Waals surface area contributed by atoms with Crippen molar-refractivity contribution < 1.29 is 14.4 Å². The summed E-state index contributed by atoms with van der Waals surface area (Å²) in [7, 11) is 0. The summed E-state index contributed by atoms with van der Waals surface area (Å²) >= 11 is 0. The third-order valence-corrected chi connectivity index (χ3v) is 6.68. The fraction of sp³-hybridized carbons (Fsp3) is 0.167. The Kier molecular flexibility index (Phi) is 6.25. The molecule has 0 spiro atoms. The highest BCUT2D eigenvalue weighted by molar-refractivity contribution is 6.07. The molecule has 3 amide bonds. The van der Waals surface area contributed by atoms with Crippen molar-refractivity contribution in [1.29, 1.82) is 0 Å². The van der Waals surface area contributed by atoms with Gasteiger partial charge in [0.1, 0.15) is 6.04 Å². The molecule has 1 aliphatic heterocycles. The lowest BCUT2D eigenvalue weighted by Crippen LogP contribution is -2.54. The van der Waals surface area contributed by atoms with Crippen molar-refractivity contribution in [2.24, 2.45) is 0 Å². The van der Waals surface area contributed by atoms with Crippen LogP contribution in [0.3, 0.4) is 0 Å². The SMILES string of the molecule is CC1C(=O)N(NC(=O)[C@H](C)NC(=O)Cc2cccc3ccccc23)c2ccccc2-c2ccccc21. The van der Waals surface area contributed by atoms with Crippen LogP contribution in [0.2, 0.25) is 0 Å². The van der Waals surface area contributed by atoms with E-state index in [2.05, 4.69) is 10.7 Å². The third-order valence-electron chi connectivity index (χ3n) is 6.68. The summed E-state index contributed by atoms with van der Waals surface area (Å²) < 4.78 is 0. The van der Waals surface area contributed by atoms with Gasteiger partial charge in [0.25, 0.3) is 11.8 Å². The number of hydrogen-bond donors (Lipinski definition) is 2. The maximum atomic E-state index is 13.4. The molecule has 0 saturated heterocycles. The first-order valence-electron chi connectivity index (χ1n) is 12.0. The summed E-state index contributed by atoms with van der Waals surface area (Å²) in [6, 6.07) is 28.1. The number of nitrogens with one attached hydrogen (secondary N) is 2. The largest absolute Gasteiger partial charge is 0.344 e. The number of carbonyl (C=O) groups is 3. The molecular weight excluding hydrogens is 450 g/mol. The number of nitrogens with zero attached hydrogens (tertiary/aromatic N) is 1. The average molecular weight is 478 g/mol. The zero-order chi connectivity index (χ0) is 25.2. The van der Waals surface area contributed by atoms with E-state index in [4.69, 9.17) is 0 Å². The van der Waals surface area contributed by atoms with E-state index in [0.717, 1.165) is 33.0 Å². The number of benzene rings is 4. The van der Waals surface area contributed by atoms with E-state index >= 15 is 0 Å². The normalized spacial score (nSPS) is 15.4. The van der Waals surface area contributed by atoms with E-state index in [1.54, 1.807) is 6.92 Å². The predicted octanol–water partition coefficient (Wildman–Crippen LogP) is 4.74. The first-order chi connectivity index (χ1) is 17.4. The monoisotopic (exact) mass is 477 g/mol. The predicted molar refractivity (Wildman–Crippen MR) is 141 cm³/mol. The van der Waals surface area contributed by atoms with E-state index < -0.39 is 17.9 Å². The number of hydrogen-bond acceptors (Lipinski definition) is 3. The van der Waals surface area contributed by atoms with Crippen LogP contribution in [0.15, 0.2) is 91.0 Å². The molecule has 4 aromatic carbocycles. The van der Waals surface area contributed by atoms with Crippen LogP contribution < -0.4 is 15.8 Å². The van der Waals surface area contributed by atoms with Gasteiger partial charge in [0, 0.05) is 5.56 Å². The molecule has 36 heavy (non-hydrogen) atoms. The van der Waals surface area contributed by atoms with Crippen LogP contribution in [0.5, 0.6) is 0 Å². The Balaban J connectivity index is 1.33. The molecule has 1 heterocycles. The lowest BCUT2D eigenvalue weighted by atomic mass is 9.92. The quantitative estimate of drug-likeness (QED) is 0.436. The van der Waals surface area contributed by atoms with Crippen molar-refractivity contribution in [3.63, 3.8) is 0 Å². The first-order valence-corrected chi connectivity index (χ1v) is 12.0. The maximum absolute atomic E-state index is 13.4. The van der Waals surface area contributed by atoms with Crippen LogP contribution in [-0.2, 0) is 20.8 Å². The molecule has 5 rings (SSSR count). The molecule has 0 aromatic heterocycles. The zero-order valence-electron chi connectivity index (χ0n) is 20.2. The molecule has 2 N–H and O–H groups in total. The average Bonchev–Trinajstić information content (AvgIpc) is 2.98. The molecule has 0 aliphatic carbocycles. The van der Waals surface area contributed by atoms with Gasteiger partial charge in [0.15, 0.2) is 0 Å². The van der Waals surface area contributed by atoms with Gasteiger partial charge in [-0.15, -0.1) is 0 Å². The minimum atomic E-state index is -0.839. The Bertz CT molecular complexity index is 1470. The Morgan fingerprint density at radius 2 is 1.53 bits per heavy atom. The van der Waals surface area contributed by atoms with Gasteiger partial charge >= 0.3 is 0 Å². The summed E-state index contributed by atoms with van der Waals surface area (Å²) in [4.78, 5) is 39.4. The Labute approximate surface area is 209 Å². The number of anilines is 1. The summed E-state index contributed by atoms with van der Waals surface area (Å²) in [6.45, 7) is 3.45. The van der Waals surface area contributed by atoms with Crippen LogP contribution >= 0.6 is 0 Å². The minimum absolute atomic E-state index is 0.150. The standard InChI is InChI=1S/C30H27N3O3/c1-19-23-13-5-6-15-25(23)26-16-7-8-17-27(26)33(30(19)36)32-29(35)20(2)31-28(34)18-22-12-9-11-21-10-3-4-14-24(21)22/h3-17,19-20H,18H2,1-2H3,(H,31,34)(H,32,35)/t19?,20-/m0/s1. The number of rotatable bonds is 5. The van der Waals surface area contributed by atoms with Crippen molar-refractivity contribution in [3.8, 4) is 11.1 Å². The van der Waals surface area contributed by atoms with Gasteiger partial charge in [-0.05, 0) is 47.4 Å². The molecule has 0 saturated carbocycles. The highest BCUT2D eigenvalue weighted by atomic mass is 16.2. The smallest absolute Gasteiger partial charge is 0.261 e. The van der Waals surface area contributed by atoms with Gasteiger partial charge in [-0.2, -0.15) is 0 Å². The second-order valence-electron chi connectivity index (χ2n) is 9.08. The third kappa shape index (κ3) is 4.33.